The number of nitrogens with one attached hydrogen (secondary N) is 1. The molecule has 1 N–H and O–H groups in total. The maximum absolute atomic E-state index is 12.5. The number of para-hydroxylation sites is 1. The van der Waals surface area contributed by atoms with E-state index in [2.05, 4.69) is 5.32 Å². The molecule has 5 nitrogen and oxygen atoms in total. The zero-order valence-electron chi connectivity index (χ0n) is 10.9. The van der Waals surface area contributed by atoms with Gasteiger partial charge in [-0.2, -0.15) is 0 Å². The van der Waals surface area contributed by atoms with Crippen molar-refractivity contribution in [2.75, 3.05) is 12.7 Å². The molecular formula is C13H18NO4P. The van der Waals surface area contributed by atoms with E-state index in [1.54, 1.807) is 12.1 Å². The molecule has 2 rings (SSSR count). The Balaban J connectivity index is 1.95. The molecule has 1 amide bonds. The van der Waals surface area contributed by atoms with Crippen LogP contribution in [0.15, 0.2) is 30.3 Å². The molecule has 1 saturated heterocycles. The van der Waals surface area contributed by atoms with Gasteiger partial charge in [0, 0.05) is 13.5 Å². The normalized spacial score (nSPS) is 26.7. The lowest BCUT2D eigenvalue weighted by atomic mass is 10.2. The minimum absolute atomic E-state index is 0.118. The lowest BCUT2D eigenvalue weighted by molar-refractivity contribution is -0.119. The number of carbonyl (C=O) groups is 1. The summed E-state index contributed by atoms with van der Waals surface area (Å²) in [7, 11) is -3.10. The van der Waals surface area contributed by atoms with Crippen LogP contribution in [0.2, 0.25) is 0 Å². The second-order valence-corrected chi connectivity index (χ2v) is 6.61. The highest BCUT2D eigenvalue weighted by atomic mass is 31.2. The molecule has 0 radical (unpaired) electrons. The minimum Gasteiger partial charge on any atom is -0.424 e. The Morgan fingerprint density at radius 3 is 2.89 bits per heavy atom. The first-order valence-corrected chi connectivity index (χ1v) is 8.07. The lowest BCUT2D eigenvalue weighted by Gasteiger charge is -2.29. The molecular weight excluding hydrogens is 265 g/mol. The van der Waals surface area contributed by atoms with Gasteiger partial charge in [0.15, 0.2) is 0 Å². The average Bonchev–Trinajstić information content (AvgIpc) is 2.37. The number of rotatable bonds is 4. The molecule has 1 aromatic carbocycles. The van der Waals surface area contributed by atoms with Crippen molar-refractivity contribution in [2.24, 2.45) is 0 Å². The van der Waals surface area contributed by atoms with Crippen molar-refractivity contribution >= 4 is 13.5 Å². The Labute approximate surface area is 112 Å². The molecule has 0 bridgehead atoms. The van der Waals surface area contributed by atoms with Crippen LogP contribution >= 0.6 is 7.60 Å². The zero-order valence-corrected chi connectivity index (χ0v) is 11.8. The highest BCUT2D eigenvalue weighted by Crippen LogP contribution is 2.53. The van der Waals surface area contributed by atoms with Crippen molar-refractivity contribution in [3.8, 4) is 5.75 Å². The van der Waals surface area contributed by atoms with Gasteiger partial charge in [0.25, 0.3) is 0 Å². The predicted molar refractivity (Wildman–Crippen MR) is 72.3 cm³/mol. The molecule has 1 aliphatic heterocycles. The van der Waals surface area contributed by atoms with Crippen molar-refractivity contribution in [3.05, 3.63) is 30.3 Å². The Morgan fingerprint density at radius 2 is 2.21 bits per heavy atom. The molecule has 1 aliphatic rings. The molecule has 1 fully saturated rings. The van der Waals surface area contributed by atoms with E-state index < -0.39 is 7.60 Å². The second-order valence-electron chi connectivity index (χ2n) is 4.55. The summed E-state index contributed by atoms with van der Waals surface area (Å²) in [4.78, 5) is 10.9. The Morgan fingerprint density at radius 1 is 1.47 bits per heavy atom. The third-order valence-corrected chi connectivity index (χ3v) is 4.81. The van der Waals surface area contributed by atoms with Crippen LogP contribution < -0.4 is 9.84 Å². The van der Waals surface area contributed by atoms with E-state index >= 15 is 0 Å². The topological polar surface area (TPSA) is 64.6 Å². The number of hydrogen-bond donors (Lipinski definition) is 1. The average molecular weight is 283 g/mol. The SMILES string of the molecule is CC(=O)NCC1CCCP(=O)(Oc2ccccc2)O1. The molecule has 0 spiro atoms. The van der Waals surface area contributed by atoms with E-state index in [0.29, 0.717) is 18.5 Å². The van der Waals surface area contributed by atoms with E-state index in [1.807, 2.05) is 18.2 Å². The van der Waals surface area contributed by atoms with Gasteiger partial charge < -0.3 is 9.84 Å². The predicted octanol–water partition coefficient (Wildman–Crippen LogP) is 2.57. The van der Waals surface area contributed by atoms with Gasteiger partial charge in [0.2, 0.25) is 5.91 Å². The maximum Gasteiger partial charge on any atom is 0.379 e. The van der Waals surface area contributed by atoms with Crippen LogP contribution in [-0.4, -0.2) is 24.7 Å². The van der Waals surface area contributed by atoms with Gasteiger partial charge in [-0.3, -0.25) is 9.32 Å². The Bertz CT molecular complexity index is 477. The van der Waals surface area contributed by atoms with Gasteiger partial charge >= 0.3 is 7.60 Å². The second kappa shape index (κ2) is 6.22. The lowest BCUT2D eigenvalue weighted by Crippen LogP contribution is -2.34. The first kappa shape index (κ1) is 14.1. The Hall–Kier alpha value is -1.32. The van der Waals surface area contributed by atoms with E-state index in [4.69, 9.17) is 9.05 Å². The van der Waals surface area contributed by atoms with Crippen molar-refractivity contribution in [2.45, 2.75) is 25.9 Å². The molecule has 104 valence electrons. The highest BCUT2D eigenvalue weighted by Gasteiger charge is 2.34. The summed E-state index contributed by atoms with van der Waals surface area (Å²) in [6, 6.07) is 9.01. The van der Waals surface area contributed by atoms with Crippen LogP contribution in [0.4, 0.5) is 0 Å². The Kier molecular flexibility index (Phi) is 4.61. The summed E-state index contributed by atoms with van der Waals surface area (Å²) >= 11 is 0. The van der Waals surface area contributed by atoms with Crippen molar-refractivity contribution < 1.29 is 18.4 Å². The zero-order chi connectivity index (χ0) is 13.7. The number of benzene rings is 1. The van der Waals surface area contributed by atoms with Gasteiger partial charge in [-0.05, 0) is 25.0 Å². The summed E-state index contributed by atoms with van der Waals surface area (Å²) in [6.45, 7) is 1.82. The van der Waals surface area contributed by atoms with E-state index in [9.17, 15) is 9.36 Å². The summed E-state index contributed by atoms with van der Waals surface area (Å²) in [5.41, 5.74) is 0. The van der Waals surface area contributed by atoms with Crippen LogP contribution in [0.5, 0.6) is 5.75 Å². The quantitative estimate of drug-likeness (QED) is 0.862. The standard InChI is InChI=1S/C13H18NO4P/c1-11(15)14-10-13-8-5-9-19(16,18-13)17-12-6-3-2-4-7-12/h2-4,6-7,13H,5,8-10H2,1H3,(H,14,15). The van der Waals surface area contributed by atoms with E-state index in [1.165, 1.54) is 6.92 Å². The molecule has 0 saturated carbocycles. The smallest absolute Gasteiger partial charge is 0.379 e. The van der Waals surface area contributed by atoms with Crippen molar-refractivity contribution in [1.82, 2.24) is 5.32 Å². The van der Waals surface area contributed by atoms with Gasteiger partial charge in [0.1, 0.15) is 5.75 Å². The van der Waals surface area contributed by atoms with Crippen molar-refractivity contribution in [1.29, 1.82) is 0 Å². The first-order chi connectivity index (χ1) is 9.07. The summed E-state index contributed by atoms with van der Waals surface area (Å²) in [5.74, 6) is 0.430. The fourth-order valence-electron chi connectivity index (χ4n) is 1.95. The van der Waals surface area contributed by atoms with Crippen LogP contribution in [0, 0.1) is 0 Å². The maximum atomic E-state index is 12.5. The van der Waals surface area contributed by atoms with E-state index in [0.717, 1.165) is 12.8 Å². The fourth-order valence-corrected chi connectivity index (χ4v) is 3.84. The molecule has 0 aromatic heterocycles. The summed E-state index contributed by atoms with van der Waals surface area (Å²) in [6.07, 6.45) is 1.72. The molecule has 0 aliphatic carbocycles. The molecule has 2 atom stereocenters. The summed E-state index contributed by atoms with van der Waals surface area (Å²) < 4.78 is 23.5. The molecule has 6 heteroatoms. The van der Waals surface area contributed by atoms with E-state index in [-0.39, 0.29) is 12.0 Å². The molecule has 2 unspecified atom stereocenters. The highest BCUT2D eigenvalue weighted by molar-refractivity contribution is 7.54. The molecule has 1 aromatic rings. The van der Waals surface area contributed by atoms with Gasteiger partial charge in [-0.1, -0.05) is 18.2 Å². The third kappa shape index (κ3) is 4.37. The number of carbonyl (C=O) groups excluding carboxylic acids is 1. The van der Waals surface area contributed by atoms with Crippen LogP contribution in [0.3, 0.4) is 0 Å². The largest absolute Gasteiger partial charge is 0.424 e. The first-order valence-electron chi connectivity index (χ1n) is 6.34. The van der Waals surface area contributed by atoms with Crippen LogP contribution in [0.1, 0.15) is 19.8 Å². The van der Waals surface area contributed by atoms with Crippen LogP contribution in [-0.2, 0) is 13.9 Å². The molecule has 1 heterocycles. The van der Waals surface area contributed by atoms with Gasteiger partial charge in [-0.25, -0.2) is 4.57 Å². The van der Waals surface area contributed by atoms with Gasteiger partial charge in [-0.15, -0.1) is 0 Å². The molecule has 19 heavy (non-hydrogen) atoms. The van der Waals surface area contributed by atoms with Crippen molar-refractivity contribution in [3.63, 3.8) is 0 Å². The monoisotopic (exact) mass is 283 g/mol. The van der Waals surface area contributed by atoms with Crippen LogP contribution in [0.25, 0.3) is 0 Å². The number of hydrogen-bond acceptors (Lipinski definition) is 4. The van der Waals surface area contributed by atoms with Gasteiger partial charge in [0.05, 0.1) is 12.3 Å². The minimum atomic E-state index is -3.10. The third-order valence-electron chi connectivity index (χ3n) is 2.83. The number of amides is 1. The summed E-state index contributed by atoms with van der Waals surface area (Å²) in [5, 5.41) is 2.68. The fraction of sp³-hybridized carbons (Fsp3) is 0.462.